The molecule has 31 heavy (non-hydrogen) atoms. The van der Waals surface area contributed by atoms with Crippen molar-refractivity contribution in [3.63, 3.8) is 0 Å². The molecule has 0 spiro atoms. The highest BCUT2D eigenvalue weighted by Gasteiger charge is 2.16. The van der Waals surface area contributed by atoms with Gasteiger partial charge in [0.1, 0.15) is 5.82 Å². The van der Waals surface area contributed by atoms with E-state index in [-0.39, 0.29) is 24.0 Å². The smallest absolute Gasteiger partial charge is 0.234 e. The van der Waals surface area contributed by atoms with Gasteiger partial charge >= 0.3 is 0 Å². The number of para-hydroxylation sites is 1. The third-order valence-corrected chi connectivity index (χ3v) is 5.94. The van der Waals surface area contributed by atoms with Crippen molar-refractivity contribution in [2.75, 3.05) is 16.4 Å². The van der Waals surface area contributed by atoms with Gasteiger partial charge in [-0.3, -0.25) is 9.59 Å². The van der Waals surface area contributed by atoms with Crippen LogP contribution in [0.1, 0.15) is 29.4 Å². The Morgan fingerprint density at radius 3 is 2.42 bits per heavy atom. The third-order valence-electron chi connectivity index (χ3n) is 4.97. The van der Waals surface area contributed by atoms with E-state index in [1.165, 1.54) is 17.3 Å². The van der Waals surface area contributed by atoms with Crippen LogP contribution in [0.15, 0.2) is 47.6 Å². The van der Waals surface area contributed by atoms with Crippen molar-refractivity contribution >= 4 is 35.0 Å². The number of hydrogen-bond acceptors (Lipinski definition) is 5. The molecule has 7 nitrogen and oxygen atoms in total. The molecule has 2 amide bonds. The number of nitrogens with zero attached hydrogens (tertiary/aromatic N) is 3. The number of thioether (sulfide) groups is 1. The van der Waals surface area contributed by atoms with E-state index >= 15 is 0 Å². The molecular formula is C23H27N5O2S. The van der Waals surface area contributed by atoms with Gasteiger partial charge in [0.2, 0.25) is 11.8 Å². The number of rotatable bonds is 8. The van der Waals surface area contributed by atoms with Gasteiger partial charge in [-0.1, -0.05) is 36.0 Å². The fourth-order valence-corrected chi connectivity index (χ4v) is 3.89. The maximum absolute atomic E-state index is 12.5. The normalized spacial score (nSPS) is 10.7. The van der Waals surface area contributed by atoms with Crippen LogP contribution in [0, 0.1) is 20.8 Å². The molecule has 0 aliphatic rings. The van der Waals surface area contributed by atoms with E-state index < -0.39 is 0 Å². The minimum Gasteiger partial charge on any atom is -0.326 e. The molecule has 0 radical (unpaired) electrons. The lowest BCUT2D eigenvalue weighted by Crippen LogP contribution is -2.18. The minimum absolute atomic E-state index is 0.112. The Hall–Kier alpha value is -3.13. The molecule has 3 aromatic rings. The highest BCUT2D eigenvalue weighted by molar-refractivity contribution is 7.99. The lowest BCUT2D eigenvalue weighted by atomic mass is 10.1. The van der Waals surface area contributed by atoms with Crippen molar-refractivity contribution in [3.05, 3.63) is 65.0 Å². The minimum atomic E-state index is -0.154. The first-order valence-corrected chi connectivity index (χ1v) is 11.1. The number of carbonyl (C=O) groups excluding carboxylic acids is 2. The number of aromatic nitrogens is 3. The molecule has 0 fully saturated rings. The Kier molecular flexibility index (Phi) is 7.46. The topological polar surface area (TPSA) is 88.9 Å². The van der Waals surface area contributed by atoms with Crippen LogP contribution in [0.3, 0.4) is 0 Å². The van der Waals surface area contributed by atoms with Gasteiger partial charge in [-0.2, -0.15) is 0 Å². The Labute approximate surface area is 186 Å². The van der Waals surface area contributed by atoms with Crippen LogP contribution >= 0.6 is 11.8 Å². The van der Waals surface area contributed by atoms with Crippen LogP contribution in [-0.4, -0.2) is 32.3 Å². The Bertz CT molecular complexity index is 1090. The molecule has 8 heteroatoms. The molecule has 1 aromatic heterocycles. The van der Waals surface area contributed by atoms with E-state index in [4.69, 9.17) is 0 Å². The van der Waals surface area contributed by atoms with Crippen LogP contribution in [0.5, 0.6) is 0 Å². The third kappa shape index (κ3) is 5.95. The summed E-state index contributed by atoms with van der Waals surface area (Å²) in [6, 6.07) is 13.5. The van der Waals surface area contributed by atoms with Gasteiger partial charge in [-0.15, -0.1) is 10.2 Å². The van der Waals surface area contributed by atoms with E-state index in [9.17, 15) is 9.59 Å². The van der Waals surface area contributed by atoms with Gasteiger partial charge in [-0.25, -0.2) is 0 Å². The fourth-order valence-electron chi connectivity index (χ4n) is 3.07. The molecule has 0 aliphatic heterocycles. The second-order valence-corrected chi connectivity index (χ2v) is 8.26. The van der Waals surface area contributed by atoms with E-state index in [2.05, 4.69) is 20.8 Å². The second kappa shape index (κ2) is 10.3. The number of aryl methyl sites for hydroxylation is 3. The largest absolute Gasteiger partial charge is 0.326 e. The van der Waals surface area contributed by atoms with Gasteiger partial charge in [0, 0.05) is 17.9 Å². The second-order valence-electron chi connectivity index (χ2n) is 7.32. The van der Waals surface area contributed by atoms with Crippen LogP contribution in [0.2, 0.25) is 0 Å². The highest BCUT2D eigenvalue weighted by atomic mass is 32.2. The zero-order valence-electron chi connectivity index (χ0n) is 18.2. The van der Waals surface area contributed by atoms with Crippen LogP contribution < -0.4 is 10.6 Å². The first kappa shape index (κ1) is 22.6. The standard InChI is InChI=1S/C23H27N5O2S/c1-5-28-20(13-21(29)24-18-11-10-15(2)17(4)12-18)26-27-23(28)31-14-22(30)25-19-9-7-6-8-16(19)3/h6-12H,5,13-14H2,1-4H3,(H,24,29)(H,25,30). The summed E-state index contributed by atoms with van der Waals surface area (Å²) in [6.07, 6.45) is 0.115. The predicted molar refractivity (Wildman–Crippen MR) is 124 cm³/mol. The lowest BCUT2D eigenvalue weighted by molar-refractivity contribution is -0.116. The van der Waals surface area contributed by atoms with Crippen molar-refractivity contribution in [1.82, 2.24) is 14.8 Å². The SMILES string of the molecule is CCn1c(CC(=O)Nc2ccc(C)c(C)c2)nnc1SCC(=O)Nc1ccccc1C. The zero-order valence-corrected chi connectivity index (χ0v) is 19.0. The van der Waals surface area contributed by atoms with E-state index in [1.807, 2.05) is 74.7 Å². The average Bonchev–Trinajstić information content (AvgIpc) is 3.12. The summed E-state index contributed by atoms with van der Waals surface area (Å²) in [6.45, 7) is 8.57. The van der Waals surface area contributed by atoms with Crippen molar-refractivity contribution in [2.45, 2.75) is 45.8 Å². The van der Waals surface area contributed by atoms with Gasteiger partial charge in [0.15, 0.2) is 5.16 Å². The fraction of sp³-hybridized carbons (Fsp3) is 0.304. The van der Waals surface area contributed by atoms with E-state index in [0.717, 1.165) is 22.5 Å². The summed E-state index contributed by atoms with van der Waals surface area (Å²) >= 11 is 1.31. The van der Waals surface area contributed by atoms with E-state index in [0.29, 0.717) is 17.5 Å². The summed E-state index contributed by atoms with van der Waals surface area (Å²) in [5.74, 6) is 0.519. The lowest BCUT2D eigenvalue weighted by Gasteiger charge is -2.10. The molecule has 0 unspecified atom stereocenters. The molecule has 0 aliphatic carbocycles. The summed E-state index contributed by atoms with van der Waals surface area (Å²) in [4.78, 5) is 24.8. The predicted octanol–water partition coefficient (Wildman–Crippen LogP) is 4.14. The van der Waals surface area contributed by atoms with Crippen molar-refractivity contribution in [1.29, 1.82) is 0 Å². The number of hydrogen-bond donors (Lipinski definition) is 2. The number of carbonyl (C=O) groups is 2. The Morgan fingerprint density at radius 1 is 0.935 bits per heavy atom. The van der Waals surface area contributed by atoms with Crippen molar-refractivity contribution < 1.29 is 9.59 Å². The van der Waals surface area contributed by atoms with Crippen molar-refractivity contribution in [2.24, 2.45) is 0 Å². The summed E-state index contributed by atoms with van der Waals surface area (Å²) in [7, 11) is 0. The number of amides is 2. The molecule has 0 atom stereocenters. The molecule has 0 saturated carbocycles. The highest BCUT2D eigenvalue weighted by Crippen LogP contribution is 2.20. The van der Waals surface area contributed by atoms with Crippen LogP contribution in [-0.2, 0) is 22.6 Å². The summed E-state index contributed by atoms with van der Waals surface area (Å²) in [5, 5.41) is 14.8. The monoisotopic (exact) mass is 437 g/mol. The number of anilines is 2. The first-order valence-electron chi connectivity index (χ1n) is 10.1. The quantitative estimate of drug-likeness (QED) is 0.517. The van der Waals surface area contributed by atoms with Crippen molar-refractivity contribution in [3.8, 4) is 0 Å². The summed E-state index contributed by atoms with van der Waals surface area (Å²) < 4.78 is 1.87. The van der Waals surface area contributed by atoms with Crippen LogP contribution in [0.4, 0.5) is 11.4 Å². The number of benzene rings is 2. The number of nitrogens with one attached hydrogen (secondary N) is 2. The molecule has 0 bridgehead atoms. The Balaban J connectivity index is 1.59. The van der Waals surface area contributed by atoms with Gasteiger partial charge in [0.25, 0.3) is 0 Å². The zero-order chi connectivity index (χ0) is 22.4. The van der Waals surface area contributed by atoms with Crippen LogP contribution in [0.25, 0.3) is 0 Å². The summed E-state index contributed by atoms with van der Waals surface area (Å²) in [5.41, 5.74) is 4.87. The first-order chi connectivity index (χ1) is 14.9. The molecule has 0 saturated heterocycles. The average molecular weight is 438 g/mol. The van der Waals surface area contributed by atoms with Gasteiger partial charge < -0.3 is 15.2 Å². The molecule has 162 valence electrons. The Morgan fingerprint density at radius 2 is 1.71 bits per heavy atom. The van der Waals surface area contributed by atoms with E-state index in [1.54, 1.807) is 0 Å². The molecule has 1 heterocycles. The molecule has 2 N–H and O–H groups in total. The maximum atomic E-state index is 12.5. The molecule has 2 aromatic carbocycles. The van der Waals surface area contributed by atoms with Gasteiger partial charge in [0.05, 0.1) is 12.2 Å². The molecular weight excluding hydrogens is 410 g/mol. The molecule has 3 rings (SSSR count). The maximum Gasteiger partial charge on any atom is 0.234 e. The van der Waals surface area contributed by atoms with Gasteiger partial charge in [-0.05, 0) is 62.6 Å².